The van der Waals surface area contributed by atoms with E-state index in [0.717, 1.165) is 11.1 Å². The lowest BCUT2D eigenvalue weighted by Gasteiger charge is -2.25. The Morgan fingerprint density at radius 3 is 2.50 bits per heavy atom. The summed E-state index contributed by atoms with van der Waals surface area (Å²) < 4.78 is 0. The van der Waals surface area contributed by atoms with Crippen molar-refractivity contribution in [2.24, 2.45) is 10.2 Å². The molecule has 1 saturated heterocycles. The van der Waals surface area contributed by atoms with E-state index in [1.165, 1.54) is 18.3 Å². The van der Waals surface area contributed by atoms with Gasteiger partial charge in [0.2, 0.25) is 11.9 Å². The molecule has 1 unspecified atom stereocenters. The highest BCUT2D eigenvalue weighted by atomic mass is 16.6. The second-order valence-electron chi connectivity index (χ2n) is 5.90. The van der Waals surface area contributed by atoms with Crippen molar-refractivity contribution in [2.75, 3.05) is 0 Å². The highest BCUT2D eigenvalue weighted by Gasteiger charge is 2.23. The molecule has 1 aliphatic heterocycles. The molecule has 2 aromatic carbocycles. The van der Waals surface area contributed by atoms with Crippen molar-refractivity contribution in [3.8, 4) is 0 Å². The zero-order chi connectivity index (χ0) is 18.5. The molecule has 8 heteroatoms. The molecule has 1 amide bonds. The number of hydrogen-bond acceptors (Lipinski definition) is 5. The summed E-state index contributed by atoms with van der Waals surface area (Å²) in [5, 5.41) is 24.3. The zero-order valence-corrected chi connectivity index (χ0v) is 14.0. The van der Waals surface area contributed by atoms with Crippen LogP contribution in [0.15, 0.2) is 58.7 Å². The Morgan fingerprint density at radius 2 is 1.85 bits per heavy atom. The largest absolute Gasteiger partial charge is 0.347 e. The molecule has 3 rings (SSSR count). The first-order chi connectivity index (χ1) is 12.5. The number of nitrogens with one attached hydrogen (secondary N) is 2. The Balaban J connectivity index is 1.70. The molecule has 1 aliphatic rings. The molecule has 1 atom stereocenters. The maximum absolute atomic E-state index is 11.9. The van der Waals surface area contributed by atoms with Gasteiger partial charge in [0.15, 0.2) is 0 Å². The van der Waals surface area contributed by atoms with Crippen molar-refractivity contribution in [2.45, 2.75) is 19.4 Å². The fraction of sp³-hybridized carbons (Fsp3) is 0.167. The third-order valence-electron chi connectivity index (χ3n) is 3.91. The summed E-state index contributed by atoms with van der Waals surface area (Å²) in [5.41, 5.74) is 2.82. The van der Waals surface area contributed by atoms with E-state index in [0.29, 0.717) is 12.0 Å². The highest BCUT2D eigenvalue weighted by Crippen LogP contribution is 2.19. The number of benzene rings is 2. The summed E-state index contributed by atoms with van der Waals surface area (Å²) in [7, 11) is 0. The average Bonchev–Trinajstić information content (AvgIpc) is 2.62. The highest BCUT2D eigenvalue weighted by molar-refractivity contribution is 6.00. The van der Waals surface area contributed by atoms with Crippen LogP contribution < -0.4 is 10.6 Å². The van der Waals surface area contributed by atoms with Crippen LogP contribution in [0.2, 0.25) is 0 Å². The Kier molecular flexibility index (Phi) is 5.02. The molecule has 132 valence electrons. The first kappa shape index (κ1) is 17.3. The number of carbonyl (C=O) groups excluding carboxylic acids is 1. The van der Waals surface area contributed by atoms with Crippen LogP contribution in [0.4, 0.5) is 5.69 Å². The number of nitro benzene ring substituents is 1. The molecule has 1 heterocycles. The third kappa shape index (κ3) is 4.29. The molecular weight excluding hydrogens is 334 g/mol. The van der Waals surface area contributed by atoms with E-state index >= 15 is 0 Å². The van der Waals surface area contributed by atoms with E-state index in [4.69, 9.17) is 0 Å². The maximum Gasteiger partial charge on any atom is 0.269 e. The molecule has 0 aliphatic carbocycles. The Labute approximate surface area is 149 Å². The normalized spacial score (nSPS) is 18.6. The number of amides is 1. The molecule has 0 bridgehead atoms. The zero-order valence-electron chi connectivity index (χ0n) is 14.0. The van der Waals surface area contributed by atoms with Gasteiger partial charge in [0, 0.05) is 12.1 Å². The lowest BCUT2D eigenvalue weighted by Crippen LogP contribution is -2.49. The molecule has 2 N–H and O–H groups in total. The first-order valence-electron chi connectivity index (χ1n) is 8.00. The number of rotatable bonds is 4. The standard InChI is InChI=1S/C18H17N5O3/c1-12-2-6-14(7-3-12)16-10-17(24)21-18(20-16)22-19-11-13-4-8-15(9-5-13)23(25)26/h2-9,11,16H,10H2,1H3,(H2,20,21,22,24). The van der Waals surface area contributed by atoms with Crippen LogP contribution in [0.3, 0.4) is 0 Å². The first-order valence-corrected chi connectivity index (χ1v) is 8.00. The Bertz CT molecular complexity index is 873. The van der Waals surface area contributed by atoms with Gasteiger partial charge in [-0.05, 0) is 30.2 Å². The van der Waals surface area contributed by atoms with Gasteiger partial charge in [0.25, 0.3) is 5.69 Å². The van der Waals surface area contributed by atoms with Crippen molar-refractivity contribution in [3.63, 3.8) is 0 Å². The third-order valence-corrected chi connectivity index (χ3v) is 3.91. The quantitative estimate of drug-likeness (QED) is 0.501. The van der Waals surface area contributed by atoms with Gasteiger partial charge >= 0.3 is 0 Å². The molecule has 2 aromatic rings. The lowest BCUT2D eigenvalue weighted by atomic mass is 10.0. The van der Waals surface area contributed by atoms with Gasteiger partial charge in [-0.15, -0.1) is 5.10 Å². The predicted octanol–water partition coefficient (Wildman–Crippen LogP) is 2.44. The van der Waals surface area contributed by atoms with Gasteiger partial charge < -0.3 is 5.32 Å². The Hall–Kier alpha value is -3.55. The van der Waals surface area contributed by atoms with Gasteiger partial charge in [-0.3, -0.25) is 20.2 Å². The van der Waals surface area contributed by atoms with Crippen LogP contribution in [-0.4, -0.2) is 23.0 Å². The van der Waals surface area contributed by atoms with E-state index in [1.54, 1.807) is 12.1 Å². The number of guanidine groups is 1. The van der Waals surface area contributed by atoms with Crippen molar-refractivity contribution in [1.29, 1.82) is 0 Å². The van der Waals surface area contributed by atoms with Gasteiger partial charge in [0.05, 0.1) is 23.6 Å². The maximum atomic E-state index is 11.9. The molecule has 8 nitrogen and oxygen atoms in total. The summed E-state index contributed by atoms with van der Waals surface area (Å²) in [6.45, 7) is 2.00. The van der Waals surface area contributed by atoms with E-state index in [-0.39, 0.29) is 23.6 Å². The number of aryl methyl sites for hydroxylation is 1. The molecule has 1 fully saturated rings. The molecular formula is C18H17N5O3. The smallest absolute Gasteiger partial charge is 0.269 e. The summed E-state index contributed by atoms with van der Waals surface area (Å²) in [5.74, 6) is 0.128. The van der Waals surface area contributed by atoms with Crippen molar-refractivity contribution < 1.29 is 9.72 Å². The van der Waals surface area contributed by atoms with E-state index < -0.39 is 4.92 Å². The van der Waals surface area contributed by atoms with E-state index in [2.05, 4.69) is 20.8 Å². The fourth-order valence-electron chi connectivity index (χ4n) is 2.51. The number of hydrogen-bond donors (Lipinski definition) is 2. The van der Waals surface area contributed by atoms with Crippen molar-refractivity contribution in [3.05, 3.63) is 75.3 Å². The molecule has 0 aromatic heterocycles. The number of non-ortho nitro benzene ring substituents is 1. The van der Waals surface area contributed by atoms with Crippen LogP contribution in [-0.2, 0) is 4.79 Å². The van der Waals surface area contributed by atoms with E-state index in [1.807, 2.05) is 31.2 Å². The lowest BCUT2D eigenvalue weighted by molar-refractivity contribution is -0.384. The van der Waals surface area contributed by atoms with Crippen LogP contribution in [0.5, 0.6) is 0 Å². The molecule has 26 heavy (non-hydrogen) atoms. The average molecular weight is 351 g/mol. The number of carbonyl (C=O) groups is 1. The van der Waals surface area contributed by atoms with Crippen LogP contribution in [0.1, 0.15) is 29.2 Å². The second kappa shape index (κ2) is 7.56. The molecule has 0 saturated carbocycles. The summed E-state index contributed by atoms with van der Waals surface area (Å²) >= 11 is 0. The van der Waals surface area contributed by atoms with Crippen molar-refractivity contribution in [1.82, 2.24) is 10.6 Å². The molecule has 0 radical (unpaired) electrons. The van der Waals surface area contributed by atoms with Crippen LogP contribution in [0.25, 0.3) is 0 Å². The molecule has 0 spiro atoms. The Morgan fingerprint density at radius 1 is 1.15 bits per heavy atom. The SMILES string of the molecule is Cc1ccc(C2CC(=O)NC(=NN=Cc3ccc([N+](=O)[O-])cc3)N2)cc1. The summed E-state index contributed by atoms with van der Waals surface area (Å²) in [6, 6.07) is 13.7. The number of nitro groups is 1. The van der Waals surface area contributed by atoms with Gasteiger partial charge in [-0.25, -0.2) is 0 Å². The van der Waals surface area contributed by atoms with Crippen LogP contribution in [0, 0.1) is 17.0 Å². The van der Waals surface area contributed by atoms with Gasteiger partial charge in [0.1, 0.15) is 0 Å². The van der Waals surface area contributed by atoms with Crippen molar-refractivity contribution >= 4 is 23.8 Å². The predicted molar refractivity (Wildman–Crippen MR) is 97.9 cm³/mol. The monoisotopic (exact) mass is 351 g/mol. The minimum Gasteiger partial charge on any atom is -0.347 e. The summed E-state index contributed by atoms with van der Waals surface area (Å²) in [4.78, 5) is 22.1. The van der Waals surface area contributed by atoms with Crippen LogP contribution >= 0.6 is 0 Å². The van der Waals surface area contributed by atoms with Gasteiger partial charge in [-0.1, -0.05) is 29.8 Å². The minimum absolute atomic E-state index is 0.00983. The second-order valence-corrected chi connectivity index (χ2v) is 5.90. The minimum atomic E-state index is -0.464. The van der Waals surface area contributed by atoms with Gasteiger partial charge in [-0.2, -0.15) is 5.10 Å². The summed E-state index contributed by atoms with van der Waals surface area (Å²) in [6.07, 6.45) is 1.77. The van der Waals surface area contributed by atoms with E-state index in [9.17, 15) is 14.9 Å². The topological polar surface area (TPSA) is 109 Å². The number of nitrogens with zero attached hydrogens (tertiary/aromatic N) is 3. The fourth-order valence-corrected chi connectivity index (χ4v) is 2.51.